The number of ether oxygens (including phenoxy) is 1. The lowest BCUT2D eigenvalue weighted by Crippen LogP contribution is -2.29. The van der Waals surface area contributed by atoms with E-state index in [4.69, 9.17) is 16.3 Å². The van der Waals surface area contributed by atoms with Gasteiger partial charge in [0.1, 0.15) is 0 Å². The number of nitrogens with one attached hydrogen (secondary N) is 1. The number of aromatic nitrogens is 5. The van der Waals surface area contributed by atoms with E-state index in [1.54, 1.807) is 6.07 Å². The van der Waals surface area contributed by atoms with E-state index >= 15 is 0 Å². The number of halogens is 4. The minimum absolute atomic E-state index is 0.0387. The molecular weight excluding hydrogens is 355 g/mol. The second-order valence-electron chi connectivity index (χ2n) is 4.00. The van der Waals surface area contributed by atoms with Gasteiger partial charge < -0.3 is 4.74 Å². The van der Waals surface area contributed by atoms with Gasteiger partial charge in [-0.15, -0.1) is 20.1 Å². The highest BCUT2D eigenvalue weighted by Gasteiger charge is 2.37. The van der Waals surface area contributed by atoms with Crippen molar-refractivity contribution in [3.05, 3.63) is 29.2 Å². The summed E-state index contributed by atoms with van der Waals surface area (Å²) in [5.74, 6) is -3.21. The van der Waals surface area contributed by atoms with Crippen molar-refractivity contribution >= 4 is 29.2 Å². The van der Waals surface area contributed by atoms with Crippen molar-refractivity contribution in [2.24, 2.45) is 5.10 Å². The van der Waals surface area contributed by atoms with E-state index < -0.39 is 23.8 Å². The first-order valence-corrected chi connectivity index (χ1v) is 6.69. The summed E-state index contributed by atoms with van der Waals surface area (Å²) >= 11 is 5.85. The second-order valence-corrected chi connectivity index (χ2v) is 4.41. The van der Waals surface area contributed by atoms with Crippen molar-refractivity contribution in [2.75, 3.05) is 12.0 Å². The van der Waals surface area contributed by atoms with Crippen LogP contribution in [-0.4, -0.2) is 43.6 Å². The van der Waals surface area contributed by atoms with E-state index in [-0.39, 0.29) is 17.4 Å². The van der Waals surface area contributed by atoms with E-state index in [0.29, 0.717) is 4.80 Å². The standard InChI is InChI=1S/C11H9ClF3N7O2/c1-2-24-9(23)8(18-17-7-6(12)4-3-5-16-7)22-20-10(19-21-22)11(13,14)15/h3-5H,2H2,1H3,(H,16,17)/b18-8+. The quantitative estimate of drug-likeness (QED) is 0.382. The molecule has 9 nitrogen and oxygen atoms in total. The van der Waals surface area contributed by atoms with Crippen molar-refractivity contribution < 1.29 is 22.7 Å². The SMILES string of the molecule is CCOC(=O)/C(=N\Nc1ncccc1Cl)n1nnc(C(F)(F)F)n1. The van der Waals surface area contributed by atoms with Crippen LogP contribution in [0.1, 0.15) is 12.7 Å². The molecule has 0 radical (unpaired) electrons. The molecule has 2 aromatic heterocycles. The Hall–Kier alpha value is -2.76. The van der Waals surface area contributed by atoms with Gasteiger partial charge in [-0.2, -0.15) is 13.2 Å². The van der Waals surface area contributed by atoms with E-state index in [0.717, 1.165) is 0 Å². The number of hydrogen-bond acceptors (Lipinski definition) is 8. The van der Waals surface area contributed by atoms with Gasteiger partial charge in [-0.25, -0.2) is 9.78 Å². The van der Waals surface area contributed by atoms with Crippen LogP contribution in [0.5, 0.6) is 0 Å². The zero-order valence-corrected chi connectivity index (χ0v) is 12.7. The molecule has 128 valence electrons. The van der Waals surface area contributed by atoms with Gasteiger partial charge >= 0.3 is 12.1 Å². The van der Waals surface area contributed by atoms with Gasteiger partial charge in [-0.1, -0.05) is 11.6 Å². The molecule has 0 saturated heterocycles. The molecule has 0 atom stereocenters. The Morgan fingerprint density at radius 2 is 2.25 bits per heavy atom. The molecule has 2 aromatic rings. The lowest BCUT2D eigenvalue weighted by molar-refractivity contribution is -0.145. The van der Waals surface area contributed by atoms with E-state index in [9.17, 15) is 18.0 Å². The summed E-state index contributed by atoms with van der Waals surface area (Å²) in [5.41, 5.74) is 2.33. The molecule has 0 aliphatic heterocycles. The number of carbonyl (C=O) groups is 1. The van der Waals surface area contributed by atoms with Crippen LogP contribution in [0.3, 0.4) is 0 Å². The van der Waals surface area contributed by atoms with Crippen LogP contribution in [0.4, 0.5) is 19.0 Å². The lowest BCUT2D eigenvalue weighted by Gasteiger charge is -2.06. The fourth-order valence-corrected chi connectivity index (χ4v) is 1.52. The number of nitrogens with zero attached hydrogens (tertiary/aromatic N) is 6. The smallest absolute Gasteiger partial charge is 0.455 e. The van der Waals surface area contributed by atoms with Gasteiger partial charge in [0.2, 0.25) is 0 Å². The molecule has 0 fully saturated rings. The Labute approximate surface area is 137 Å². The maximum Gasteiger partial charge on any atom is 0.455 e. The first-order valence-electron chi connectivity index (χ1n) is 6.32. The fraction of sp³-hybridized carbons (Fsp3) is 0.273. The monoisotopic (exact) mass is 363 g/mol. The predicted octanol–water partition coefficient (Wildman–Crippen LogP) is 1.58. The van der Waals surface area contributed by atoms with Crippen molar-refractivity contribution in [1.29, 1.82) is 0 Å². The molecule has 0 aliphatic rings. The number of rotatable bonds is 3. The number of alkyl halides is 3. The summed E-state index contributed by atoms with van der Waals surface area (Å²) in [6.45, 7) is 1.47. The number of hydrazone groups is 1. The number of esters is 1. The molecule has 2 heterocycles. The molecule has 13 heteroatoms. The molecule has 0 unspecified atom stereocenters. The normalized spacial score (nSPS) is 12.1. The average Bonchev–Trinajstić information content (AvgIpc) is 2.99. The summed E-state index contributed by atoms with van der Waals surface area (Å²) in [6, 6.07) is 3.05. The topological polar surface area (TPSA) is 107 Å². The van der Waals surface area contributed by atoms with Crippen molar-refractivity contribution in [3.63, 3.8) is 0 Å². The van der Waals surface area contributed by atoms with Crippen molar-refractivity contribution in [2.45, 2.75) is 13.1 Å². The molecule has 24 heavy (non-hydrogen) atoms. The van der Waals surface area contributed by atoms with Gasteiger partial charge in [0.15, 0.2) is 5.82 Å². The van der Waals surface area contributed by atoms with Gasteiger partial charge in [0, 0.05) is 6.20 Å². The van der Waals surface area contributed by atoms with E-state index in [1.807, 2.05) is 0 Å². The number of hydrogen-bond donors (Lipinski definition) is 1. The summed E-state index contributed by atoms with van der Waals surface area (Å²) in [4.78, 5) is 16.0. The van der Waals surface area contributed by atoms with Crippen molar-refractivity contribution in [1.82, 2.24) is 25.2 Å². The molecule has 0 amide bonds. The maximum absolute atomic E-state index is 12.5. The third kappa shape index (κ3) is 4.16. The Morgan fingerprint density at radius 1 is 1.50 bits per heavy atom. The molecule has 0 saturated carbocycles. The predicted molar refractivity (Wildman–Crippen MR) is 75.2 cm³/mol. The average molecular weight is 364 g/mol. The van der Waals surface area contributed by atoms with Crippen LogP contribution in [0.15, 0.2) is 23.4 Å². The molecule has 1 N–H and O–H groups in total. The second kappa shape index (κ2) is 7.21. The molecule has 0 bridgehead atoms. The van der Waals surface area contributed by atoms with Crippen LogP contribution in [0, 0.1) is 0 Å². The Morgan fingerprint density at radius 3 is 2.83 bits per heavy atom. The van der Waals surface area contributed by atoms with Gasteiger partial charge in [-0.3, -0.25) is 5.43 Å². The van der Waals surface area contributed by atoms with Gasteiger partial charge in [0.25, 0.3) is 11.7 Å². The maximum atomic E-state index is 12.5. The molecule has 2 rings (SSSR count). The van der Waals surface area contributed by atoms with Crippen LogP contribution in [0.25, 0.3) is 0 Å². The highest BCUT2D eigenvalue weighted by molar-refractivity contribution is 6.36. The lowest BCUT2D eigenvalue weighted by atomic mass is 10.5. The Balaban J connectivity index is 2.34. The molecule has 0 aromatic carbocycles. The van der Waals surface area contributed by atoms with Crippen molar-refractivity contribution in [3.8, 4) is 0 Å². The summed E-state index contributed by atoms with van der Waals surface area (Å²) in [7, 11) is 0. The van der Waals surface area contributed by atoms with E-state index in [2.05, 4.69) is 30.9 Å². The summed E-state index contributed by atoms with van der Waals surface area (Å²) in [6.07, 6.45) is -3.43. The molecule has 0 spiro atoms. The summed E-state index contributed by atoms with van der Waals surface area (Å²) < 4.78 is 42.3. The number of carbonyl (C=O) groups excluding carboxylic acids is 1. The van der Waals surface area contributed by atoms with Crippen LogP contribution in [-0.2, 0) is 15.7 Å². The van der Waals surface area contributed by atoms with Gasteiger partial charge in [-0.05, 0) is 24.3 Å². The number of tetrazole rings is 1. The molecule has 0 aliphatic carbocycles. The van der Waals surface area contributed by atoms with E-state index in [1.165, 1.54) is 19.2 Å². The summed E-state index contributed by atoms with van der Waals surface area (Å²) in [5, 5.41) is 12.8. The first-order chi connectivity index (χ1) is 11.3. The first kappa shape index (κ1) is 17.6. The number of pyridine rings is 1. The zero-order valence-electron chi connectivity index (χ0n) is 12.0. The highest BCUT2D eigenvalue weighted by Crippen LogP contribution is 2.24. The van der Waals surface area contributed by atoms with Crippen LogP contribution in [0.2, 0.25) is 5.02 Å². The largest absolute Gasteiger partial charge is 0.460 e. The third-order valence-corrected chi connectivity index (χ3v) is 2.65. The molecular formula is C11H9ClF3N7O2. The fourth-order valence-electron chi connectivity index (χ4n) is 1.36. The minimum atomic E-state index is -4.82. The Kier molecular flexibility index (Phi) is 5.28. The highest BCUT2D eigenvalue weighted by atomic mass is 35.5. The van der Waals surface area contributed by atoms with Crippen LogP contribution < -0.4 is 5.43 Å². The van der Waals surface area contributed by atoms with Crippen LogP contribution >= 0.6 is 11.6 Å². The zero-order chi connectivity index (χ0) is 17.7. The Bertz CT molecular complexity index is 762. The minimum Gasteiger partial charge on any atom is -0.460 e. The third-order valence-electron chi connectivity index (χ3n) is 2.34. The van der Waals surface area contributed by atoms with Gasteiger partial charge in [0.05, 0.1) is 11.6 Å². The number of anilines is 1.